The van der Waals surface area contributed by atoms with Gasteiger partial charge in [-0.3, -0.25) is 0 Å². The van der Waals surface area contributed by atoms with E-state index < -0.39 is 9.84 Å². The van der Waals surface area contributed by atoms with Crippen molar-refractivity contribution >= 4 is 9.84 Å². The van der Waals surface area contributed by atoms with E-state index in [0.29, 0.717) is 4.90 Å². The van der Waals surface area contributed by atoms with Gasteiger partial charge in [0.2, 0.25) is 0 Å². The molecule has 1 N–H and O–H groups in total. The molecule has 2 atom stereocenters. The number of aliphatic hydroxyl groups is 1. The molecule has 18 heavy (non-hydrogen) atoms. The third-order valence-corrected chi connectivity index (χ3v) is 4.12. The van der Waals surface area contributed by atoms with Crippen LogP contribution in [0.3, 0.4) is 0 Å². The largest absolute Gasteiger partial charge is 0.396 e. The van der Waals surface area contributed by atoms with Crippen LogP contribution in [0.2, 0.25) is 0 Å². The minimum Gasteiger partial charge on any atom is -0.396 e. The Balaban J connectivity index is 3.22. The lowest BCUT2D eigenvalue weighted by Crippen LogP contribution is -2.28. The lowest BCUT2D eigenvalue weighted by Gasteiger charge is -2.29. The Morgan fingerprint density at radius 3 is 2.39 bits per heavy atom. The fraction of sp³-hybridized carbons (Fsp3) is 0.538. The highest BCUT2D eigenvalue weighted by Crippen LogP contribution is 2.27. The lowest BCUT2D eigenvalue weighted by atomic mass is 9.94. The molecule has 0 amide bonds. The molecule has 0 aromatic heterocycles. The molecule has 1 rings (SSSR count). The highest BCUT2D eigenvalue weighted by Gasteiger charge is 2.22. The molecule has 1 aromatic carbocycles. The lowest BCUT2D eigenvalue weighted by molar-refractivity contribution is 0.145. The van der Waals surface area contributed by atoms with Gasteiger partial charge in [-0.05, 0) is 37.7 Å². The third-order valence-electron chi connectivity index (χ3n) is 3.01. The summed E-state index contributed by atoms with van der Waals surface area (Å²) in [7, 11) is 0.643. The second-order valence-corrected chi connectivity index (χ2v) is 6.93. The molecule has 0 aliphatic rings. The van der Waals surface area contributed by atoms with E-state index in [9.17, 15) is 13.5 Å². The molecule has 5 heteroatoms. The van der Waals surface area contributed by atoms with E-state index in [-0.39, 0.29) is 18.6 Å². The molecule has 0 aliphatic heterocycles. The number of aliphatic hydroxyl groups excluding tert-OH is 1. The van der Waals surface area contributed by atoms with Crippen molar-refractivity contribution in [3.05, 3.63) is 29.8 Å². The van der Waals surface area contributed by atoms with Crippen molar-refractivity contribution in [1.29, 1.82) is 0 Å². The van der Waals surface area contributed by atoms with Crippen LogP contribution in [-0.4, -0.2) is 45.4 Å². The van der Waals surface area contributed by atoms with Gasteiger partial charge in [0, 0.05) is 18.9 Å². The molecule has 0 spiro atoms. The number of hydrogen-bond acceptors (Lipinski definition) is 4. The number of sulfone groups is 1. The Morgan fingerprint density at radius 2 is 1.94 bits per heavy atom. The predicted molar refractivity (Wildman–Crippen MR) is 72.2 cm³/mol. The molecule has 1 aromatic rings. The first-order chi connectivity index (χ1) is 8.27. The van der Waals surface area contributed by atoms with Gasteiger partial charge in [-0.25, -0.2) is 8.42 Å². The summed E-state index contributed by atoms with van der Waals surface area (Å²) in [5.41, 5.74) is 0.907. The summed E-state index contributed by atoms with van der Waals surface area (Å²) < 4.78 is 23.1. The van der Waals surface area contributed by atoms with E-state index in [1.54, 1.807) is 18.2 Å². The maximum atomic E-state index is 11.6. The number of nitrogens with zero attached hydrogens (tertiary/aromatic N) is 1. The van der Waals surface area contributed by atoms with Crippen LogP contribution < -0.4 is 0 Å². The van der Waals surface area contributed by atoms with Gasteiger partial charge < -0.3 is 10.0 Å². The zero-order valence-corrected chi connectivity index (χ0v) is 12.1. The van der Waals surface area contributed by atoms with Crippen molar-refractivity contribution in [2.75, 3.05) is 27.0 Å². The zero-order chi connectivity index (χ0) is 13.9. The summed E-state index contributed by atoms with van der Waals surface area (Å²) in [5, 5.41) is 9.30. The minimum absolute atomic E-state index is 0.00306. The van der Waals surface area contributed by atoms with Gasteiger partial charge in [0.15, 0.2) is 9.84 Å². The summed E-state index contributed by atoms with van der Waals surface area (Å²) in [4.78, 5) is 2.31. The van der Waals surface area contributed by atoms with Gasteiger partial charge in [-0.15, -0.1) is 0 Å². The monoisotopic (exact) mass is 271 g/mol. The van der Waals surface area contributed by atoms with Crippen molar-refractivity contribution in [3.63, 3.8) is 0 Å². The molecule has 0 radical (unpaired) electrons. The molecule has 102 valence electrons. The van der Waals surface area contributed by atoms with Gasteiger partial charge in [0.25, 0.3) is 0 Å². The fourth-order valence-electron chi connectivity index (χ4n) is 2.16. The summed E-state index contributed by atoms with van der Waals surface area (Å²) in [6, 6.07) is 6.91. The molecule has 0 heterocycles. The first-order valence-corrected chi connectivity index (χ1v) is 7.73. The normalized spacial score (nSPS) is 15.7. The van der Waals surface area contributed by atoms with Crippen LogP contribution in [0.4, 0.5) is 0 Å². The van der Waals surface area contributed by atoms with Crippen molar-refractivity contribution in [2.45, 2.75) is 17.9 Å². The SMILES string of the molecule is CC(CO)C(c1cccc(S(C)(=O)=O)c1)N(C)C. The maximum Gasteiger partial charge on any atom is 0.175 e. The quantitative estimate of drug-likeness (QED) is 0.877. The topological polar surface area (TPSA) is 57.6 Å². The van der Waals surface area contributed by atoms with Crippen LogP contribution in [0.5, 0.6) is 0 Å². The first-order valence-electron chi connectivity index (χ1n) is 5.84. The molecule has 0 fully saturated rings. The first kappa shape index (κ1) is 15.1. The Labute approximate surface area is 109 Å². The third kappa shape index (κ3) is 3.54. The standard InChI is InChI=1S/C13H21NO3S/c1-10(9-15)13(14(2)3)11-6-5-7-12(8-11)18(4,16)17/h5-8,10,13,15H,9H2,1-4H3. The number of benzene rings is 1. The average molecular weight is 271 g/mol. The smallest absolute Gasteiger partial charge is 0.175 e. The summed E-state index contributed by atoms with van der Waals surface area (Å²) in [6.07, 6.45) is 1.20. The molecule has 0 saturated heterocycles. The van der Waals surface area contributed by atoms with Crippen LogP contribution in [-0.2, 0) is 9.84 Å². The molecule has 4 nitrogen and oxygen atoms in total. The minimum atomic E-state index is -3.20. The van der Waals surface area contributed by atoms with Crippen LogP contribution in [0.25, 0.3) is 0 Å². The van der Waals surface area contributed by atoms with Crippen LogP contribution in [0.1, 0.15) is 18.5 Å². The number of hydrogen-bond donors (Lipinski definition) is 1. The van der Waals surface area contributed by atoms with Crippen molar-refractivity contribution in [1.82, 2.24) is 4.90 Å². The molecule has 2 unspecified atom stereocenters. The summed E-state index contributed by atoms with van der Waals surface area (Å²) >= 11 is 0. The maximum absolute atomic E-state index is 11.6. The molecular formula is C13H21NO3S. The zero-order valence-electron chi connectivity index (χ0n) is 11.3. The number of rotatable bonds is 5. The van der Waals surface area contributed by atoms with Crippen LogP contribution in [0, 0.1) is 5.92 Å². The van der Waals surface area contributed by atoms with E-state index in [0.717, 1.165) is 5.56 Å². The van der Waals surface area contributed by atoms with E-state index >= 15 is 0 Å². The van der Waals surface area contributed by atoms with Crippen LogP contribution in [0.15, 0.2) is 29.2 Å². The van der Waals surface area contributed by atoms with E-state index in [4.69, 9.17) is 0 Å². The predicted octanol–water partition coefficient (Wildman–Crippen LogP) is 1.32. The molecular weight excluding hydrogens is 250 g/mol. The van der Waals surface area contributed by atoms with E-state index in [1.807, 2.05) is 32.0 Å². The Kier molecular flexibility index (Phi) is 4.90. The van der Waals surface area contributed by atoms with Crippen molar-refractivity contribution in [3.8, 4) is 0 Å². The highest BCUT2D eigenvalue weighted by molar-refractivity contribution is 7.90. The molecule has 0 bridgehead atoms. The second-order valence-electron chi connectivity index (χ2n) is 4.91. The second kappa shape index (κ2) is 5.82. The van der Waals surface area contributed by atoms with Gasteiger partial charge in [-0.1, -0.05) is 19.1 Å². The summed E-state index contributed by atoms with van der Waals surface area (Å²) in [6.45, 7) is 2.00. The Bertz CT molecular complexity index is 497. The van der Waals surface area contributed by atoms with E-state index in [2.05, 4.69) is 0 Å². The van der Waals surface area contributed by atoms with Gasteiger partial charge in [0.05, 0.1) is 4.90 Å². The van der Waals surface area contributed by atoms with Crippen molar-refractivity contribution < 1.29 is 13.5 Å². The van der Waals surface area contributed by atoms with Gasteiger partial charge in [0.1, 0.15) is 0 Å². The van der Waals surface area contributed by atoms with E-state index in [1.165, 1.54) is 6.26 Å². The highest BCUT2D eigenvalue weighted by atomic mass is 32.2. The Hall–Kier alpha value is -0.910. The fourth-order valence-corrected chi connectivity index (χ4v) is 2.84. The van der Waals surface area contributed by atoms with Crippen LogP contribution >= 0.6 is 0 Å². The molecule has 0 aliphatic carbocycles. The summed E-state index contributed by atoms with van der Waals surface area (Å²) in [5.74, 6) is 0.0369. The molecule has 0 saturated carbocycles. The van der Waals surface area contributed by atoms with Gasteiger partial charge in [-0.2, -0.15) is 0 Å². The van der Waals surface area contributed by atoms with Gasteiger partial charge >= 0.3 is 0 Å². The average Bonchev–Trinajstić information content (AvgIpc) is 2.27. The Morgan fingerprint density at radius 1 is 1.33 bits per heavy atom. The van der Waals surface area contributed by atoms with Crippen molar-refractivity contribution in [2.24, 2.45) is 5.92 Å².